The summed E-state index contributed by atoms with van der Waals surface area (Å²) < 4.78 is 4.96. The maximum Gasteiger partial charge on any atom is 0.320 e. The van der Waals surface area contributed by atoms with Crippen molar-refractivity contribution in [2.45, 2.75) is 45.6 Å². The highest BCUT2D eigenvalue weighted by molar-refractivity contribution is 5.71. The van der Waals surface area contributed by atoms with Crippen LogP contribution in [0.4, 0.5) is 0 Å². The molecule has 0 amide bonds. The van der Waals surface area contributed by atoms with Crippen LogP contribution in [-0.2, 0) is 9.53 Å². The van der Waals surface area contributed by atoms with Crippen molar-refractivity contribution in [3.05, 3.63) is 0 Å². The van der Waals surface area contributed by atoms with E-state index in [9.17, 15) is 4.79 Å². The van der Waals surface area contributed by atoms with Gasteiger partial charge in [0.05, 0.1) is 13.2 Å². The first-order valence-electron chi connectivity index (χ1n) is 5.67. The second kappa shape index (κ2) is 6.02. The highest BCUT2D eigenvalue weighted by Gasteiger charge is 2.22. The molecule has 0 aromatic rings. The van der Waals surface area contributed by atoms with E-state index in [0.29, 0.717) is 19.2 Å². The second-order valence-electron chi connectivity index (χ2n) is 3.83. The monoisotopic (exact) mass is 199 g/mol. The maximum absolute atomic E-state index is 11.3. The van der Waals surface area contributed by atoms with Crippen LogP contribution in [0.25, 0.3) is 0 Å². The molecule has 0 aliphatic carbocycles. The van der Waals surface area contributed by atoms with Gasteiger partial charge in [0.25, 0.3) is 0 Å². The number of esters is 1. The van der Waals surface area contributed by atoms with Gasteiger partial charge in [0, 0.05) is 6.04 Å². The zero-order valence-electron chi connectivity index (χ0n) is 9.29. The molecule has 82 valence electrons. The highest BCUT2D eigenvalue weighted by atomic mass is 16.5. The fourth-order valence-electron chi connectivity index (χ4n) is 2.10. The Morgan fingerprint density at radius 3 is 2.86 bits per heavy atom. The third kappa shape index (κ3) is 3.29. The predicted molar refractivity (Wildman–Crippen MR) is 56.1 cm³/mol. The molecule has 14 heavy (non-hydrogen) atoms. The fourth-order valence-corrected chi connectivity index (χ4v) is 2.10. The summed E-state index contributed by atoms with van der Waals surface area (Å²) in [6, 6.07) is 0.591. The van der Waals surface area contributed by atoms with Crippen molar-refractivity contribution in [3.8, 4) is 0 Å². The molecule has 1 aliphatic rings. The summed E-state index contributed by atoms with van der Waals surface area (Å²) >= 11 is 0. The minimum absolute atomic E-state index is 0.0761. The largest absolute Gasteiger partial charge is 0.465 e. The van der Waals surface area contributed by atoms with E-state index in [1.54, 1.807) is 0 Å². The SMILES string of the molecule is CCOC(=O)CN1CCCC[C@@H]1CC. The number of carbonyl (C=O) groups excluding carboxylic acids is 1. The number of piperidine rings is 1. The summed E-state index contributed by atoms with van der Waals surface area (Å²) in [5, 5.41) is 0. The molecule has 1 fully saturated rings. The molecule has 3 heteroatoms. The predicted octanol–water partition coefficient (Wildman–Crippen LogP) is 1.81. The lowest BCUT2D eigenvalue weighted by Gasteiger charge is -2.34. The highest BCUT2D eigenvalue weighted by Crippen LogP contribution is 2.18. The lowest BCUT2D eigenvalue weighted by molar-refractivity contribution is -0.145. The normalized spacial score (nSPS) is 23.4. The Labute approximate surface area is 86.4 Å². The Bertz CT molecular complexity index is 182. The summed E-state index contributed by atoms with van der Waals surface area (Å²) in [4.78, 5) is 13.6. The minimum Gasteiger partial charge on any atom is -0.465 e. The molecule has 0 unspecified atom stereocenters. The van der Waals surface area contributed by atoms with Gasteiger partial charge in [-0.05, 0) is 32.7 Å². The lowest BCUT2D eigenvalue weighted by atomic mass is 10.0. The Hall–Kier alpha value is -0.570. The van der Waals surface area contributed by atoms with Gasteiger partial charge >= 0.3 is 5.97 Å². The number of nitrogens with zero attached hydrogens (tertiary/aromatic N) is 1. The van der Waals surface area contributed by atoms with Crippen LogP contribution in [0, 0.1) is 0 Å². The Balaban J connectivity index is 2.36. The van der Waals surface area contributed by atoms with E-state index in [-0.39, 0.29) is 5.97 Å². The smallest absolute Gasteiger partial charge is 0.320 e. The first-order chi connectivity index (χ1) is 6.77. The topological polar surface area (TPSA) is 29.5 Å². The van der Waals surface area contributed by atoms with Crippen LogP contribution in [0.2, 0.25) is 0 Å². The second-order valence-corrected chi connectivity index (χ2v) is 3.83. The fraction of sp³-hybridized carbons (Fsp3) is 0.909. The van der Waals surface area contributed by atoms with Crippen LogP contribution >= 0.6 is 0 Å². The third-order valence-electron chi connectivity index (χ3n) is 2.86. The van der Waals surface area contributed by atoms with Crippen LogP contribution in [0.3, 0.4) is 0 Å². The molecule has 1 rings (SSSR count). The molecule has 0 aromatic heterocycles. The summed E-state index contributed by atoms with van der Waals surface area (Å²) in [5.41, 5.74) is 0. The molecule has 1 heterocycles. The van der Waals surface area contributed by atoms with Gasteiger partial charge in [-0.2, -0.15) is 0 Å². The molecule has 0 radical (unpaired) electrons. The third-order valence-corrected chi connectivity index (χ3v) is 2.86. The van der Waals surface area contributed by atoms with Crippen molar-refractivity contribution in [1.82, 2.24) is 4.90 Å². The van der Waals surface area contributed by atoms with Crippen molar-refractivity contribution < 1.29 is 9.53 Å². The van der Waals surface area contributed by atoms with Crippen LogP contribution in [0.1, 0.15) is 39.5 Å². The first kappa shape index (κ1) is 11.5. The van der Waals surface area contributed by atoms with Crippen molar-refractivity contribution in [1.29, 1.82) is 0 Å². The van der Waals surface area contributed by atoms with Crippen molar-refractivity contribution in [3.63, 3.8) is 0 Å². The van der Waals surface area contributed by atoms with E-state index >= 15 is 0 Å². The number of hydrogen-bond donors (Lipinski definition) is 0. The van der Waals surface area contributed by atoms with Gasteiger partial charge in [0.15, 0.2) is 0 Å². The zero-order chi connectivity index (χ0) is 10.4. The van der Waals surface area contributed by atoms with Gasteiger partial charge in [-0.15, -0.1) is 0 Å². The van der Waals surface area contributed by atoms with Gasteiger partial charge in [0.1, 0.15) is 0 Å². The van der Waals surface area contributed by atoms with E-state index in [1.807, 2.05) is 6.92 Å². The summed E-state index contributed by atoms with van der Waals surface area (Å²) in [6.07, 6.45) is 4.89. The van der Waals surface area contributed by atoms with Gasteiger partial charge in [-0.25, -0.2) is 0 Å². The van der Waals surface area contributed by atoms with E-state index < -0.39 is 0 Å². The molecule has 0 saturated carbocycles. The van der Waals surface area contributed by atoms with Crippen LogP contribution in [0.5, 0.6) is 0 Å². The lowest BCUT2D eigenvalue weighted by Crippen LogP contribution is -2.42. The number of rotatable bonds is 4. The van der Waals surface area contributed by atoms with Crippen molar-refractivity contribution in [2.24, 2.45) is 0 Å². The van der Waals surface area contributed by atoms with Gasteiger partial charge in [-0.1, -0.05) is 13.3 Å². The summed E-state index contributed by atoms with van der Waals surface area (Å²) in [5.74, 6) is -0.0761. The Morgan fingerprint density at radius 2 is 2.21 bits per heavy atom. The molecule has 1 atom stereocenters. The average molecular weight is 199 g/mol. The quantitative estimate of drug-likeness (QED) is 0.647. The van der Waals surface area contributed by atoms with Crippen LogP contribution in [0.15, 0.2) is 0 Å². The summed E-state index contributed by atoms with van der Waals surface area (Å²) in [7, 11) is 0. The first-order valence-corrected chi connectivity index (χ1v) is 5.67. The van der Waals surface area contributed by atoms with E-state index in [4.69, 9.17) is 4.74 Å². The molecule has 0 aromatic carbocycles. The molecule has 1 aliphatic heterocycles. The van der Waals surface area contributed by atoms with Crippen LogP contribution < -0.4 is 0 Å². The number of hydrogen-bond acceptors (Lipinski definition) is 3. The minimum atomic E-state index is -0.0761. The van der Waals surface area contributed by atoms with Gasteiger partial charge in [-0.3, -0.25) is 9.69 Å². The van der Waals surface area contributed by atoms with Crippen molar-refractivity contribution >= 4 is 5.97 Å². The van der Waals surface area contributed by atoms with Gasteiger partial charge in [0.2, 0.25) is 0 Å². The Morgan fingerprint density at radius 1 is 1.43 bits per heavy atom. The molecule has 1 saturated heterocycles. The molecular formula is C11H21NO2. The van der Waals surface area contributed by atoms with Gasteiger partial charge < -0.3 is 4.74 Å². The molecule has 3 nitrogen and oxygen atoms in total. The molecule has 0 N–H and O–H groups in total. The Kier molecular flexibility index (Phi) is 4.94. The summed E-state index contributed by atoms with van der Waals surface area (Å²) in [6.45, 7) is 6.06. The van der Waals surface area contributed by atoms with E-state index in [2.05, 4.69) is 11.8 Å². The average Bonchev–Trinajstić information content (AvgIpc) is 2.19. The van der Waals surface area contributed by atoms with E-state index in [0.717, 1.165) is 13.0 Å². The van der Waals surface area contributed by atoms with Crippen LogP contribution in [-0.4, -0.2) is 36.6 Å². The van der Waals surface area contributed by atoms with E-state index in [1.165, 1.54) is 19.3 Å². The standard InChI is InChI=1S/C11H21NO2/c1-3-10-7-5-6-8-12(10)9-11(13)14-4-2/h10H,3-9H2,1-2H3/t10-/m0/s1. The zero-order valence-corrected chi connectivity index (χ0v) is 9.29. The number of likely N-dealkylation sites (tertiary alicyclic amines) is 1. The number of carbonyl (C=O) groups is 1. The molecular weight excluding hydrogens is 178 g/mol. The van der Waals surface area contributed by atoms with Crippen molar-refractivity contribution in [2.75, 3.05) is 19.7 Å². The number of ether oxygens (including phenoxy) is 1. The maximum atomic E-state index is 11.3. The molecule has 0 spiro atoms. The molecule has 0 bridgehead atoms.